The Bertz CT molecular complexity index is 173. The zero-order chi connectivity index (χ0) is 11.3. The van der Waals surface area contributed by atoms with E-state index >= 15 is 0 Å². The Balaban J connectivity index is 2.29. The maximum Gasteiger partial charge on any atom is 0.0717 e. The van der Waals surface area contributed by atoms with Gasteiger partial charge in [0.2, 0.25) is 0 Å². The molecule has 0 amide bonds. The minimum Gasteiger partial charge on any atom is -0.375 e. The van der Waals surface area contributed by atoms with E-state index in [-0.39, 0.29) is 0 Å². The first-order valence-electron chi connectivity index (χ1n) is 6.22. The van der Waals surface area contributed by atoms with E-state index in [1.54, 1.807) is 0 Å². The molecular formula is C12H26N2O. The summed E-state index contributed by atoms with van der Waals surface area (Å²) in [4.78, 5) is 2.51. The van der Waals surface area contributed by atoms with Gasteiger partial charge in [0.1, 0.15) is 0 Å². The first kappa shape index (κ1) is 12.9. The highest BCUT2D eigenvalue weighted by Crippen LogP contribution is 2.12. The topological polar surface area (TPSA) is 24.5 Å². The number of nitrogens with one attached hydrogen (secondary N) is 1. The second-order valence-electron chi connectivity index (χ2n) is 4.78. The van der Waals surface area contributed by atoms with Crippen molar-refractivity contribution in [2.45, 2.75) is 52.3 Å². The Morgan fingerprint density at radius 1 is 1.40 bits per heavy atom. The van der Waals surface area contributed by atoms with Crippen LogP contribution in [0.25, 0.3) is 0 Å². The van der Waals surface area contributed by atoms with Crippen LogP contribution in [0.3, 0.4) is 0 Å². The van der Waals surface area contributed by atoms with Gasteiger partial charge in [-0.2, -0.15) is 0 Å². The number of morpholine rings is 1. The highest BCUT2D eigenvalue weighted by atomic mass is 16.5. The van der Waals surface area contributed by atoms with Crippen LogP contribution in [-0.4, -0.2) is 49.3 Å². The summed E-state index contributed by atoms with van der Waals surface area (Å²) in [5, 5.41) is 3.44. The van der Waals surface area contributed by atoms with Crippen molar-refractivity contribution in [1.29, 1.82) is 0 Å². The summed E-state index contributed by atoms with van der Waals surface area (Å²) in [5.41, 5.74) is 0. The van der Waals surface area contributed by atoms with Crippen molar-refractivity contribution in [3.8, 4) is 0 Å². The molecule has 2 atom stereocenters. The molecule has 0 aromatic heterocycles. The van der Waals surface area contributed by atoms with Crippen molar-refractivity contribution in [3.05, 3.63) is 0 Å². The number of ether oxygens (including phenoxy) is 1. The highest BCUT2D eigenvalue weighted by Gasteiger charge is 2.23. The Morgan fingerprint density at radius 3 is 2.73 bits per heavy atom. The summed E-state index contributed by atoms with van der Waals surface area (Å²) >= 11 is 0. The zero-order valence-corrected chi connectivity index (χ0v) is 10.6. The van der Waals surface area contributed by atoms with E-state index in [4.69, 9.17) is 4.74 Å². The summed E-state index contributed by atoms with van der Waals surface area (Å²) in [6.07, 6.45) is 1.53. The van der Waals surface area contributed by atoms with Crippen LogP contribution in [0.4, 0.5) is 0 Å². The smallest absolute Gasteiger partial charge is 0.0717 e. The van der Waals surface area contributed by atoms with Crippen molar-refractivity contribution in [2.75, 3.05) is 26.2 Å². The maximum absolute atomic E-state index is 5.79. The normalized spacial score (nSPS) is 25.8. The van der Waals surface area contributed by atoms with Gasteiger partial charge in [-0.1, -0.05) is 6.92 Å². The Hall–Kier alpha value is -0.120. The van der Waals surface area contributed by atoms with E-state index in [2.05, 4.69) is 37.9 Å². The van der Waals surface area contributed by atoms with Gasteiger partial charge in [0, 0.05) is 25.2 Å². The largest absolute Gasteiger partial charge is 0.375 e. The van der Waals surface area contributed by atoms with Gasteiger partial charge in [0.25, 0.3) is 0 Å². The summed E-state index contributed by atoms with van der Waals surface area (Å²) < 4.78 is 5.79. The van der Waals surface area contributed by atoms with E-state index in [9.17, 15) is 0 Å². The third-order valence-electron chi connectivity index (χ3n) is 3.07. The van der Waals surface area contributed by atoms with E-state index in [1.807, 2.05) is 0 Å². The molecule has 0 radical (unpaired) electrons. The molecule has 0 bridgehead atoms. The van der Waals surface area contributed by atoms with Crippen LogP contribution in [0, 0.1) is 0 Å². The summed E-state index contributed by atoms with van der Waals surface area (Å²) in [6, 6.07) is 1.21. The third kappa shape index (κ3) is 4.49. The number of nitrogens with zero attached hydrogens (tertiary/aromatic N) is 1. The van der Waals surface area contributed by atoms with E-state index in [0.29, 0.717) is 18.2 Å². The quantitative estimate of drug-likeness (QED) is 0.750. The van der Waals surface area contributed by atoms with Gasteiger partial charge < -0.3 is 10.1 Å². The van der Waals surface area contributed by atoms with Crippen LogP contribution in [0.5, 0.6) is 0 Å². The molecule has 90 valence electrons. The monoisotopic (exact) mass is 214 g/mol. The zero-order valence-electron chi connectivity index (χ0n) is 10.6. The molecule has 15 heavy (non-hydrogen) atoms. The van der Waals surface area contributed by atoms with Crippen molar-refractivity contribution < 1.29 is 4.74 Å². The van der Waals surface area contributed by atoms with Crippen LogP contribution in [0.2, 0.25) is 0 Å². The lowest BCUT2D eigenvalue weighted by molar-refractivity contribution is -0.0450. The Morgan fingerprint density at radius 2 is 2.13 bits per heavy atom. The van der Waals surface area contributed by atoms with Gasteiger partial charge in [0.15, 0.2) is 0 Å². The molecule has 2 unspecified atom stereocenters. The summed E-state index contributed by atoms with van der Waals surface area (Å²) in [7, 11) is 0. The minimum atomic E-state index is 0.412. The van der Waals surface area contributed by atoms with E-state index < -0.39 is 0 Å². The molecule has 1 aliphatic heterocycles. The average molecular weight is 214 g/mol. The van der Waals surface area contributed by atoms with Gasteiger partial charge in [-0.15, -0.1) is 0 Å². The molecule has 0 aromatic carbocycles. The fraction of sp³-hybridized carbons (Fsp3) is 1.00. The summed E-state index contributed by atoms with van der Waals surface area (Å²) in [5.74, 6) is 0. The lowest BCUT2D eigenvalue weighted by Crippen LogP contribution is -2.47. The Labute approximate surface area is 94.2 Å². The van der Waals surface area contributed by atoms with E-state index in [0.717, 1.165) is 32.7 Å². The lowest BCUT2D eigenvalue weighted by Gasteiger charge is -2.36. The van der Waals surface area contributed by atoms with E-state index in [1.165, 1.54) is 0 Å². The van der Waals surface area contributed by atoms with Crippen LogP contribution < -0.4 is 5.32 Å². The maximum atomic E-state index is 5.79. The second kappa shape index (κ2) is 6.46. The fourth-order valence-corrected chi connectivity index (χ4v) is 2.18. The van der Waals surface area contributed by atoms with Gasteiger partial charge >= 0.3 is 0 Å². The molecule has 3 nitrogen and oxygen atoms in total. The highest BCUT2D eigenvalue weighted by molar-refractivity contribution is 4.77. The van der Waals surface area contributed by atoms with Crippen molar-refractivity contribution in [3.63, 3.8) is 0 Å². The second-order valence-corrected chi connectivity index (χ2v) is 4.78. The number of hydrogen-bond donors (Lipinski definition) is 1. The number of hydrogen-bond acceptors (Lipinski definition) is 3. The minimum absolute atomic E-state index is 0.412. The van der Waals surface area contributed by atoms with Gasteiger partial charge in [-0.05, 0) is 33.7 Å². The van der Waals surface area contributed by atoms with Crippen molar-refractivity contribution >= 4 is 0 Å². The standard InChI is InChI=1S/C12H26N2O/c1-5-13-11(4)8-12-9-14(10(2)3)6-7-15-12/h10-13H,5-9H2,1-4H3. The molecule has 3 heteroatoms. The molecule has 1 saturated heterocycles. The first-order valence-corrected chi connectivity index (χ1v) is 6.22. The molecule has 1 rings (SSSR count). The SMILES string of the molecule is CCNC(C)CC1CN(C(C)C)CCO1. The van der Waals surface area contributed by atoms with Gasteiger partial charge in [-0.3, -0.25) is 4.90 Å². The fourth-order valence-electron chi connectivity index (χ4n) is 2.18. The predicted octanol–water partition coefficient (Wildman–Crippen LogP) is 1.48. The van der Waals surface area contributed by atoms with Gasteiger partial charge in [-0.25, -0.2) is 0 Å². The molecular weight excluding hydrogens is 188 g/mol. The molecule has 1 N–H and O–H groups in total. The third-order valence-corrected chi connectivity index (χ3v) is 3.07. The van der Waals surface area contributed by atoms with Crippen LogP contribution in [-0.2, 0) is 4.74 Å². The van der Waals surface area contributed by atoms with Crippen LogP contribution in [0.1, 0.15) is 34.1 Å². The van der Waals surface area contributed by atoms with Crippen molar-refractivity contribution in [2.24, 2.45) is 0 Å². The molecule has 0 aliphatic carbocycles. The first-order chi connectivity index (χ1) is 7.13. The molecule has 1 fully saturated rings. The van der Waals surface area contributed by atoms with Gasteiger partial charge in [0.05, 0.1) is 12.7 Å². The molecule has 0 spiro atoms. The van der Waals surface area contributed by atoms with Crippen molar-refractivity contribution in [1.82, 2.24) is 10.2 Å². The molecule has 1 heterocycles. The predicted molar refractivity (Wildman–Crippen MR) is 64.2 cm³/mol. The molecule has 0 aromatic rings. The van der Waals surface area contributed by atoms with Crippen LogP contribution >= 0.6 is 0 Å². The Kier molecular flexibility index (Phi) is 5.58. The number of rotatable bonds is 5. The lowest BCUT2D eigenvalue weighted by atomic mass is 10.1. The van der Waals surface area contributed by atoms with Crippen LogP contribution in [0.15, 0.2) is 0 Å². The summed E-state index contributed by atoms with van der Waals surface area (Å²) in [6.45, 7) is 13.0. The molecule has 1 aliphatic rings. The molecule has 0 saturated carbocycles. The average Bonchev–Trinajstić information content (AvgIpc) is 2.18.